The van der Waals surface area contributed by atoms with Gasteiger partial charge in [0, 0.05) is 25.1 Å². The fourth-order valence-electron chi connectivity index (χ4n) is 3.08. The lowest BCUT2D eigenvalue weighted by Gasteiger charge is -2.10. The van der Waals surface area contributed by atoms with E-state index in [1.54, 1.807) is 19.2 Å². The number of nitrogens with zero attached hydrogens (tertiary/aromatic N) is 2. The molecule has 0 unspecified atom stereocenters. The second-order valence-corrected chi connectivity index (χ2v) is 6.65. The Balaban J connectivity index is 1.61. The van der Waals surface area contributed by atoms with Gasteiger partial charge in [0.2, 0.25) is 0 Å². The summed E-state index contributed by atoms with van der Waals surface area (Å²) in [6.07, 6.45) is 1.61. The molecule has 0 atom stereocenters. The number of ether oxygens (including phenoxy) is 1. The number of allylic oxidation sites excluding steroid dienone is 1. The van der Waals surface area contributed by atoms with E-state index in [9.17, 15) is 4.79 Å². The Kier molecular flexibility index (Phi) is 5.91. The van der Waals surface area contributed by atoms with Crippen LogP contribution in [0.3, 0.4) is 0 Å². The highest BCUT2D eigenvalue weighted by atomic mass is 16.5. The van der Waals surface area contributed by atoms with Crippen LogP contribution in [0.5, 0.6) is 5.75 Å². The summed E-state index contributed by atoms with van der Waals surface area (Å²) in [5.74, 6) is 1.61. The average Bonchev–Trinajstić information content (AvgIpc) is 3.02. The Labute approximate surface area is 159 Å². The van der Waals surface area contributed by atoms with Gasteiger partial charge in [-0.2, -0.15) is 0 Å². The Morgan fingerprint density at radius 1 is 1.22 bits per heavy atom. The van der Waals surface area contributed by atoms with Gasteiger partial charge >= 0.3 is 0 Å². The molecule has 0 radical (unpaired) electrons. The number of hydrogen-bond acceptors (Lipinski definition) is 3. The summed E-state index contributed by atoms with van der Waals surface area (Å²) in [6.45, 7) is 7.40. The summed E-state index contributed by atoms with van der Waals surface area (Å²) in [5.41, 5.74) is 3.81. The molecule has 2 aromatic carbocycles. The molecule has 27 heavy (non-hydrogen) atoms. The number of hydrogen-bond donors (Lipinski definition) is 1. The topological polar surface area (TPSA) is 56.2 Å². The molecule has 140 valence electrons. The van der Waals surface area contributed by atoms with Crippen LogP contribution < -0.4 is 10.1 Å². The third-order valence-corrected chi connectivity index (χ3v) is 4.36. The van der Waals surface area contributed by atoms with E-state index in [0.717, 1.165) is 41.8 Å². The Morgan fingerprint density at radius 2 is 2.04 bits per heavy atom. The van der Waals surface area contributed by atoms with Crippen molar-refractivity contribution in [2.45, 2.75) is 26.3 Å². The molecule has 1 aromatic heterocycles. The molecule has 0 bridgehead atoms. The van der Waals surface area contributed by atoms with Crippen molar-refractivity contribution in [3.05, 3.63) is 72.1 Å². The number of benzene rings is 2. The fourth-order valence-corrected chi connectivity index (χ4v) is 3.08. The minimum absolute atomic E-state index is 0.0932. The van der Waals surface area contributed by atoms with Crippen LogP contribution in [0.4, 0.5) is 0 Å². The number of carbonyl (C=O) groups is 1. The van der Waals surface area contributed by atoms with Gasteiger partial charge in [0.1, 0.15) is 11.6 Å². The Bertz CT molecular complexity index is 959. The first-order chi connectivity index (χ1) is 13.1. The van der Waals surface area contributed by atoms with Gasteiger partial charge in [-0.15, -0.1) is 0 Å². The van der Waals surface area contributed by atoms with Crippen molar-refractivity contribution in [3.63, 3.8) is 0 Å². The van der Waals surface area contributed by atoms with Crippen LogP contribution in [-0.2, 0) is 13.0 Å². The number of methoxy groups -OCH3 is 1. The molecular weight excluding hydrogens is 338 g/mol. The minimum atomic E-state index is -0.0932. The van der Waals surface area contributed by atoms with Gasteiger partial charge in [-0.25, -0.2) is 4.98 Å². The zero-order chi connectivity index (χ0) is 19.2. The molecule has 0 saturated heterocycles. The predicted octanol–water partition coefficient (Wildman–Crippen LogP) is 3.98. The molecule has 5 nitrogen and oxygen atoms in total. The highest BCUT2D eigenvalue weighted by molar-refractivity contribution is 5.94. The van der Waals surface area contributed by atoms with E-state index in [1.165, 1.54) is 0 Å². The van der Waals surface area contributed by atoms with Crippen molar-refractivity contribution < 1.29 is 9.53 Å². The van der Waals surface area contributed by atoms with E-state index in [-0.39, 0.29) is 5.91 Å². The molecule has 3 rings (SSSR count). The van der Waals surface area contributed by atoms with Crippen LogP contribution in [0.1, 0.15) is 29.5 Å². The van der Waals surface area contributed by atoms with Crippen molar-refractivity contribution in [1.29, 1.82) is 0 Å². The summed E-state index contributed by atoms with van der Waals surface area (Å²) < 4.78 is 7.37. The maximum atomic E-state index is 12.3. The molecule has 1 heterocycles. The van der Waals surface area contributed by atoms with Gasteiger partial charge in [0.25, 0.3) is 5.91 Å². The number of para-hydroxylation sites is 2. The Morgan fingerprint density at radius 3 is 2.81 bits per heavy atom. The maximum absolute atomic E-state index is 12.3. The lowest BCUT2D eigenvalue weighted by Crippen LogP contribution is -2.25. The summed E-state index contributed by atoms with van der Waals surface area (Å²) >= 11 is 0. The lowest BCUT2D eigenvalue weighted by atomic mass is 10.2. The van der Waals surface area contributed by atoms with Crippen molar-refractivity contribution in [1.82, 2.24) is 14.9 Å². The number of aromatic nitrogens is 2. The number of fused-ring (bicyclic) bond motifs is 1. The molecular formula is C22H25N3O2. The number of carbonyl (C=O) groups excluding carboxylic acids is 1. The van der Waals surface area contributed by atoms with Gasteiger partial charge in [0.05, 0.1) is 18.1 Å². The number of nitrogens with one attached hydrogen (secondary N) is 1. The average molecular weight is 363 g/mol. The SMILES string of the molecule is C=C(C)Cn1c(CCCNC(=O)c2cccc(OC)c2)nc2ccccc21. The standard InChI is InChI=1S/C22H25N3O2/c1-16(2)15-25-20-11-5-4-10-19(20)24-21(25)12-7-13-23-22(26)17-8-6-9-18(14-17)27-3/h4-6,8-11,14H,1,7,12-13,15H2,2-3H3,(H,23,26). The highest BCUT2D eigenvalue weighted by Gasteiger charge is 2.11. The van der Waals surface area contributed by atoms with Crippen molar-refractivity contribution in [3.8, 4) is 5.75 Å². The van der Waals surface area contributed by atoms with Gasteiger partial charge in [0.15, 0.2) is 0 Å². The van der Waals surface area contributed by atoms with Crippen LogP contribution in [0.2, 0.25) is 0 Å². The lowest BCUT2D eigenvalue weighted by molar-refractivity contribution is 0.0953. The quantitative estimate of drug-likeness (QED) is 0.486. The summed E-state index contributed by atoms with van der Waals surface area (Å²) in [7, 11) is 1.59. The second kappa shape index (κ2) is 8.54. The fraction of sp³-hybridized carbons (Fsp3) is 0.273. The highest BCUT2D eigenvalue weighted by Crippen LogP contribution is 2.18. The van der Waals surface area contributed by atoms with E-state index >= 15 is 0 Å². The molecule has 0 aliphatic rings. The van der Waals surface area contributed by atoms with Gasteiger partial charge in [-0.1, -0.05) is 30.4 Å². The number of aryl methyl sites for hydroxylation is 1. The molecule has 5 heteroatoms. The summed E-state index contributed by atoms with van der Waals surface area (Å²) in [6, 6.07) is 15.3. The minimum Gasteiger partial charge on any atom is -0.497 e. The van der Waals surface area contributed by atoms with Crippen LogP contribution in [0.25, 0.3) is 11.0 Å². The van der Waals surface area contributed by atoms with Crippen molar-refractivity contribution in [2.24, 2.45) is 0 Å². The zero-order valence-electron chi connectivity index (χ0n) is 15.9. The summed E-state index contributed by atoms with van der Waals surface area (Å²) in [4.78, 5) is 17.0. The third kappa shape index (κ3) is 4.56. The van der Waals surface area contributed by atoms with E-state index in [1.807, 2.05) is 37.3 Å². The first-order valence-corrected chi connectivity index (χ1v) is 9.09. The molecule has 0 aliphatic carbocycles. The van der Waals surface area contributed by atoms with E-state index in [4.69, 9.17) is 9.72 Å². The largest absolute Gasteiger partial charge is 0.497 e. The molecule has 3 aromatic rings. The van der Waals surface area contributed by atoms with Crippen LogP contribution in [-0.4, -0.2) is 29.1 Å². The normalized spacial score (nSPS) is 10.7. The summed E-state index contributed by atoms with van der Waals surface area (Å²) in [5, 5.41) is 2.97. The number of rotatable bonds is 8. The zero-order valence-corrected chi connectivity index (χ0v) is 15.9. The third-order valence-electron chi connectivity index (χ3n) is 4.36. The molecule has 1 amide bonds. The molecule has 0 saturated carbocycles. The van der Waals surface area contributed by atoms with Gasteiger partial charge in [-0.3, -0.25) is 4.79 Å². The number of amides is 1. The van der Waals surface area contributed by atoms with E-state index < -0.39 is 0 Å². The van der Waals surface area contributed by atoms with Crippen LogP contribution in [0.15, 0.2) is 60.7 Å². The molecule has 0 spiro atoms. The van der Waals surface area contributed by atoms with Crippen molar-refractivity contribution >= 4 is 16.9 Å². The first kappa shape index (κ1) is 18.7. The van der Waals surface area contributed by atoms with Crippen molar-refractivity contribution in [2.75, 3.05) is 13.7 Å². The predicted molar refractivity (Wildman–Crippen MR) is 108 cm³/mol. The van der Waals surface area contributed by atoms with Crippen LogP contribution >= 0.6 is 0 Å². The molecule has 0 fully saturated rings. The first-order valence-electron chi connectivity index (χ1n) is 9.09. The van der Waals surface area contributed by atoms with Gasteiger partial charge < -0.3 is 14.6 Å². The smallest absolute Gasteiger partial charge is 0.251 e. The number of imidazole rings is 1. The van der Waals surface area contributed by atoms with Crippen LogP contribution in [0, 0.1) is 0 Å². The monoisotopic (exact) mass is 363 g/mol. The second-order valence-electron chi connectivity index (χ2n) is 6.65. The maximum Gasteiger partial charge on any atom is 0.251 e. The molecule has 0 aliphatic heterocycles. The Hall–Kier alpha value is -3.08. The van der Waals surface area contributed by atoms with E-state index in [2.05, 4.69) is 22.5 Å². The van der Waals surface area contributed by atoms with Gasteiger partial charge in [-0.05, 0) is 43.7 Å². The molecule has 1 N–H and O–H groups in total. The van der Waals surface area contributed by atoms with E-state index in [0.29, 0.717) is 17.9 Å².